The van der Waals surface area contributed by atoms with E-state index in [0.717, 1.165) is 96.9 Å². The lowest BCUT2D eigenvalue weighted by Crippen LogP contribution is -2.48. The summed E-state index contributed by atoms with van der Waals surface area (Å²) >= 11 is 0. The zero-order chi connectivity index (χ0) is 37.8. The molecule has 2 spiro atoms. The Kier molecular flexibility index (Phi) is 9.13. The number of amides is 4. The fraction of sp³-hybridized carbons (Fsp3) is 0.450. The number of nitrogens with one attached hydrogen (secondary N) is 4. The van der Waals surface area contributed by atoms with Crippen LogP contribution >= 0.6 is 0 Å². The van der Waals surface area contributed by atoms with Gasteiger partial charge in [0.05, 0.1) is 35.6 Å². The van der Waals surface area contributed by atoms with Crippen LogP contribution in [0.5, 0.6) is 0 Å². The van der Waals surface area contributed by atoms with Gasteiger partial charge >= 0.3 is 12.2 Å². The zero-order valence-electron chi connectivity index (χ0n) is 30.5. The van der Waals surface area contributed by atoms with E-state index in [-0.39, 0.29) is 22.9 Å². The molecule has 4 aliphatic rings. The van der Waals surface area contributed by atoms with Crippen LogP contribution in [-0.2, 0) is 9.59 Å². The molecule has 282 valence electrons. The van der Waals surface area contributed by atoms with Crippen LogP contribution in [0.15, 0.2) is 60.9 Å². The van der Waals surface area contributed by atoms with Crippen LogP contribution in [0.2, 0.25) is 0 Å². The number of hydrogen-bond acceptors (Lipinski definition) is 8. The van der Waals surface area contributed by atoms with E-state index in [1.165, 1.54) is 0 Å². The van der Waals surface area contributed by atoms with Crippen LogP contribution < -0.4 is 10.6 Å². The van der Waals surface area contributed by atoms with Gasteiger partial charge in [0, 0.05) is 36.6 Å². The summed E-state index contributed by atoms with van der Waals surface area (Å²) in [5.41, 5.74) is 5.99. The van der Waals surface area contributed by atoms with Gasteiger partial charge < -0.3 is 20.2 Å². The zero-order valence-corrected chi connectivity index (χ0v) is 30.5. The Hall–Kier alpha value is -5.34. The number of carboxylic acid groups (broad SMARTS) is 2. The first-order valence-electron chi connectivity index (χ1n) is 18.9. The smallest absolute Gasteiger partial charge is 0.411 e. The Balaban J connectivity index is 0.950. The summed E-state index contributed by atoms with van der Waals surface area (Å²) in [4.78, 5) is 69.0. The number of carbonyl (C=O) groups is 4. The van der Waals surface area contributed by atoms with E-state index in [2.05, 4.69) is 54.7 Å². The Morgan fingerprint density at radius 2 is 1.02 bits per heavy atom. The number of likely N-dealkylation sites (tertiary alicyclic amines) is 2. The van der Waals surface area contributed by atoms with Crippen molar-refractivity contribution < 1.29 is 29.4 Å². The number of nitrogens with zero attached hydrogens (tertiary/aromatic N) is 4. The third-order valence-electron chi connectivity index (χ3n) is 12.2. The van der Waals surface area contributed by atoms with Crippen LogP contribution in [0.4, 0.5) is 9.59 Å². The lowest BCUT2D eigenvalue weighted by Gasteiger charge is -2.30. The molecule has 0 radical (unpaired) electrons. The molecule has 2 aliphatic heterocycles. The molecule has 0 unspecified atom stereocenters. The van der Waals surface area contributed by atoms with Gasteiger partial charge in [0.15, 0.2) is 0 Å². The highest BCUT2D eigenvalue weighted by Crippen LogP contribution is 2.60. The SMILES string of the molecule is CC[C@@H](C(=O)NC(=O)O)N1CC2(CC2)C[C@H]1c1nc(-c2ccc(-c3ccc(-c4c[nH]c([C@@H]5CC6(CC6)CN5[C@@H](CC)C(=O)NC(=O)O)n4)cc3)cc2)c[nH]1. The summed E-state index contributed by atoms with van der Waals surface area (Å²) in [6, 6.07) is 15.2. The van der Waals surface area contributed by atoms with Crippen molar-refractivity contribution in [2.75, 3.05) is 13.1 Å². The van der Waals surface area contributed by atoms with Gasteiger partial charge in [0.2, 0.25) is 11.8 Å². The molecule has 2 saturated heterocycles. The first-order chi connectivity index (χ1) is 26.0. The van der Waals surface area contributed by atoms with Gasteiger partial charge in [0.1, 0.15) is 11.6 Å². The average molecular weight is 735 g/mol. The second-order valence-corrected chi connectivity index (χ2v) is 15.7. The van der Waals surface area contributed by atoms with Gasteiger partial charge in [-0.2, -0.15) is 0 Å². The van der Waals surface area contributed by atoms with Crippen molar-refractivity contribution >= 4 is 24.0 Å². The fourth-order valence-electron chi connectivity index (χ4n) is 8.91. The fourth-order valence-corrected chi connectivity index (χ4v) is 8.91. The normalized spacial score (nSPS) is 22.3. The topological polar surface area (TPSA) is 197 Å². The van der Waals surface area contributed by atoms with E-state index in [9.17, 15) is 19.2 Å². The molecule has 14 nitrogen and oxygen atoms in total. The molecule has 54 heavy (non-hydrogen) atoms. The molecule has 4 aromatic rings. The van der Waals surface area contributed by atoms with Crippen molar-refractivity contribution in [2.24, 2.45) is 10.8 Å². The molecule has 6 N–H and O–H groups in total. The number of rotatable bonds is 11. The first kappa shape index (κ1) is 35.7. The number of benzene rings is 2. The maximum atomic E-state index is 12.8. The lowest BCUT2D eigenvalue weighted by atomic mass is 10.0. The molecule has 0 bridgehead atoms. The molecule has 4 amide bonds. The van der Waals surface area contributed by atoms with Crippen molar-refractivity contribution in [1.29, 1.82) is 0 Å². The summed E-state index contributed by atoms with van der Waals surface area (Å²) < 4.78 is 0. The number of aromatic amines is 2. The molecular weight excluding hydrogens is 688 g/mol. The molecular formula is C40H46N8O6. The number of imide groups is 2. The number of H-pyrrole nitrogens is 2. The third-order valence-corrected chi connectivity index (χ3v) is 12.2. The van der Waals surface area contributed by atoms with Crippen LogP contribution in [0.25, 0.3) is 33.6 Å². The molecule has 2 aromatic carbocycles. The van der Waals surface area contributed by atoms with Crippen molar-refractivity contribution in [3.63, 3.8) is 0 Å². The Bertz CT molecular complexity index is 1920. The van der Waals surface area contributed by atoms with Gasteiger partial charge in [-0.3, -0.25) is 30.0 Å². The number of aromatic nitrogens is 4. The number of hydrogen-bond donors (Lipinski definition) is 6. The maximum Gasteiger partial charge on any atom is 0.411 e. The minimum Gasteiger partial charge on any atom is -0.465 e. The summed E-state index contributed by atoms with van der Waals surface area (Å²) in [5, 5.41) is 22.4. The summed E-state index contributed by atoms with van der Waals surface area (Å²) in [5.74, 6) is 0.594. The van der Waals surface area contributed by atoms with Crippen LogP contribution in [-0.4, -0.2) is 89.1 Å². The minimum atomic E-state index is -1.34. The molecule has 4 atom stereocenters. The van der Waals surface area contributed by atoms with E-state index in [1.54, 1.807) is 0 Å². The molecule has 14 heteroatoms. The van der Waals surface area contributed by atoms with Crippen LogP contribution in [0.1, 0.15) is 88.9 Å². The lowest BCUT2D eigenvalue weighted by molar-refractivity contribution is -0.127. The molecule has 4 fully saturated rings. The van der Waals surface area contributed by atoms with Crippen LogP contribution in [0, 0.1) is 10.8 Å². The average Bonchev–Trinajstić information content (AvgIpc) is 3.73. The third kappa shape index (κ3) is 6.91. The van der Waals surface area contributed by atoms with Crippen molar-refractivity contribution in [2.45, 2.75) is 89.4 Å². The van der Waals surface area contributed by atoms with E-state index < -0.39 is 36.1 Å². The summed E-state index contributed by atoms with van der Waals surface area (Å²) in [7, 11) is 0. The Labute approximate surface area is 312 Å². The molecule has 2 aliphatic carbocycles. The molecule has 2 saturated carbocycles. The minimum absolute atomic E-state index is 0.0976. The van der Waals surface area contributed by atoms with Gasteiger partial charge in [-0.25, -0.2) is 19.6 Å². The predicted octanol–water partition coefficient (Wildman–Crippen LogP) is 6.33. The summed E-state index contributed by atoms with van der Waals surface area (Å²) in [6.07, 6.45) is 8.32. The second-order valence-electron chi connectivity index (χ2n) is 15.7. The van der Waals surface area contributed by atoms with Crippen molar-refractivity contribution in [1.82, 2.24) is 40.4 Å². The second kappa shape index (κ2) is 13.8. The van der Waals surface area contributed by atoms with Gasteiger partial charge in [0.25, 0.3) is 0 Å². The Morgan fingerprint density at radius 3 is 1.33 bits per heavy atom. The predicted molar refractivity (Wildman–Crippen MR) is 199 cm³/mol. The molecule has 8 rings (SSSR count). The highest BCUT2D eigenvalue weighted by Gasteiger charge is 2.56. The first-order valence-corrected chi connectivity index (χ1v) is 18.9. The van der Waals surface area contributed by atoms with Crippen molar-refractivity contribution in [3.8, 4) is 33.6 Å². The van der Waals surface area contributed by atoms with E-state index in [0.29, 0.717) is 12.8 Å². The molecule has 4 heterocycles. The number of carbonyl (C=O) groups excluding carboxylic acids is 2. The van der Waals surface area contributed by atoms with Gasteiger partial charge in [-0.05, 0) is 73.3 Å². The standard InChI is InChI=1S/C40H46N8O6/c1-3-29(35(49)45-37(51)52)47-21-39(13-14-39)17-31(47)33-41-19-27(43-33)25-9-5-23(6-10-25)24-7-11-26(12-8-24)28-20-42-34(44-28)32-18-40(15-16-40)22-48(32)30(4-2)36(50)46-38(53)54/h5-12,19-20,29-32H,3-4,13-18,21-22H2,1-2H3,(H,41,43)(H,42,44)(H,45,49)(H,46,50)(H,51,52)(H,53,54)/t29-,30-,31-,32-/m0/s1. The largest absolute Gasteiger partial charge is 0.465 e. The number of imidazole rings is 2. The van der Waals surface area contributed by atoms with Crippen LogP contribution in [0.3, 0.4) is 0 Å². The highest BCUT2D eigenvalue weighted by atomic mass is 16.4. The summed E-state index contributed by atoms with van der Waals surface area (Å²) in [6.45, 7) is 5.32. The highest BCUT2D eigenvalue weighted by molar-refractivity contribution is 5.94. The van der Waals surface area contributed by atoms with Gasteiger partial charge in [-0.15, -0.1) is 0 Å². The Morgan fingerprint density at radius 1 is 0.667 bits per heavy atom. The van der Waals surface area contributed by atoms with E-state index in [1.807, 2.05) is 50.5 Å². The molecule has 2 aromatic heterocycles. The maximum absolute atomic E-state index is 12.8. The monoisotopic (exact) mass is 734 g/mol. The van der Waals surface area contributed by atoms with Crippen molar-refractivity contribution in [3.05, 3.63) is 72.6 Å². The van der Waals surface area contributed by atoms with E-state index in [4.69, 9.17) is 20.2 Å². The van der Waals surface area contributed by atoms with E-state index >= 15 is 0 Å². The van der Waals surface area contributed by atoms with Gasteiger partial charge in [-0.1, -0.05) is 62.4 Å². The quantitative estimate of drug-likeness (QED) is 0.101.